The van der Waals surface area contributed by atoms with E-state index in [0.29, 0.717) is 6.54 Å². The molecule has 0 aromatic heterocycles. The lowest BCUT2D eigenvalue weighted by Crippen LogP contribution is -2.35. The molecule has 1 unspecified atom stereocenters. The van der Waals surface area contributed by atoms with Crippen molar-refractivity contribution in [3.63, 3.8) is 0 Å². The predicted molar refractivity (Wildman–Crippen MR) is 75.9 cm³/mol. The van der Waals surface area contributed by atoms with E-state index >= 15 is 0 Å². The molecule has 112 valence electrons. The normalized spacial score (nSPS) is 13.7. The molecule has 0 aliphatic carbocycles. The topological polar surface area (TPSA) is 77.9 Å². The van der Waals surface area contributed by atoms with Crippen molar-refractivity contribution in [2.24, 2.45) is 0 Å². The van der Waals surface area contributed by atoms with Gasteiger partial charge >= 0.3 is 5.97 Å². The van der Waals surface area contributed by atoms with Gasteiger partial charge in [-0.2, -0.15) is 0 Å². The lowest BCUT2D eigenvalue weighted by molar-refractivity contribution is -0.142. The molecular weight excluding hydrogens is 280 g/mol. The molecule has 1 N–H and O–H groups in total. The minimum atomic E-state index is -3.47. The van der Waals surface area contributed by atoms with Crippen molar-refractivity contribution in [2.45, 2.75) is 24.4 Å². The lowest BCUT2D eigenvalue weighted by Gasteiger charge is -2.21. The summed E-state index contributed by atoms with van der Waals surface area (Å²) in [6.45, 7) is 1.95. The monoisotopic (exact) mass is 300 g/mol. The third-order valence-electron chi connectivity index (χ3n) is 3.13. The average Bonchev–Trinajstić information content (AvgIpc) is 2.37. The van der Waals surface area contributed by atoms with Crippen LogP contribution in [0.3, 0.4) is 0 Å². The number of hydrogen-bond acceptors (Lipinski definition) is 4. The summed E-state index contributed by atoms with van der Waals surface area (Å²) < 4.78 is 25.2. The van der Waals surface area contributed by atoms with Gasteiger partial charge in [0.1, 0.15) is 6.04 Å². The van der Waals surface area contributed by atoms with Gasteiger partial charge in [0.25, 0.3) is 0 Å². The number of aliphatic carboxylic acids is 1. The standard InChI is InChI=1S/C13H20N2O4S/c1-10(13(16)17)15(4)9-11-6-5-7-12(8-11)20(18,19)14(2)3/h5-8,10H,9H2,1-4H3,(H,16,17). The summed E-state index contributed by atoms with van der Waals surface area (Å²) in [6, 6.07) is 5.90. The Morgan fingerprint density at radius 1 is 1.30 bits per heavy atom. The number of rotatable bonds is 6. The van der Waals surface area contributed by atoms with Gasteiger partial charge in [0.05, 0.1) is 4.90 Å². The number of nitrogens with zero attached hydrogens (tertiary/aromatic N) is 2. The fourth-order valence-electron chi connectivity index (χ4n) is 1.63. The first kappa shape index (κ1) is 16.6. The average molecular weight is 300 g/mol. The Balaban J connectivity index is 2.98. The van der Waals surface area contributed by atoms with E-state index in [0.717, 1.165) is 9.87 Å². The molecule has 0 aliphatic heterocycles. The number of carboxylic acid groups (broad SMARTS) is 1. The molecule has 0 fully saturated rings. The van der Waals surface area contributed by atoms with Crippen molar-refractivity contribution in [2.75, 3.05) is 21.1 Å². The van der Waals surface area contributed by atoms with Crippen molar-refractivity contribution in [1.82, 2.24) is 9.21 Å². The van der Waals surface area contributed by atoms with Gasteiger partial charge in [-0.3, -0.25) is 9.69 Å². The van der Waals surface area contributed by atoms with Crippen LogP contribution in [-0.2, 0) is 21.4 Å². The predicted octanol–water partition coefficient (Wildman–Crippen LogP) is 0.842. The molecule has 7 heteroatoms. The van der Waals surface area contributed by atoms with Gasteiger partial charge in [0.15, 0.2) is 0 Å². The Morgan fingerprint density at radius 3 is 2.40 bits per heavy atom. The third-order valence-corrected chi connectivity index (χ3v) is 4.94. The minimum absolute atomic E-state index is 0.205. The number of benzene rings is 1. The first-order valence-corrected chi connectivity index (χ1v) is 7.54. The van der Waals surface area contributed by atoms with Crippen molar-refractivity contribution in [3.8, 4) is 0 Å². The molecule has 1 rings (SSSR count). The molecule has 0 aliphatic rings. The Labute approximate surface area is 119 Å². The van der Waals surface area contributed by atoms with E-state index in [1.165, 1.54) is 20.2 Å². The molecule has 0 saturated carbocycles. The van der Waals surface area contributed by atoms with Crippen LogP contribution >= 0.6 is 0 Å². The van der Waals surface area contributed by atoms with Crippen LogP contribution in [0.5, 0.6) is 0 Å². The molecule has 1 atom stereocenters. The Kier molecular flexibility index (Phi) is 5.27. The lowest BCUT2D eigenvalue weighted by atomic mass is 10.2. The Morgan fingerprint density at radius 2 is 1.90 bits per heavy atom. The fourth-order valence-corrected chi connectivity index (χ4v) is 2.60. The highest BCUT2D eigenvalue weighted by atomic mass is 32.2. The molecule has 0 saturated heterocycles. The maximum Gasteiger partial charge on any atom is 0.320 e. The maximum atomic E-state index is 12.0. The van der Waals surface area contributed by atoms with Gasteiger partial charge in [-0.1, -0.05) is 12.1 Å². The summed E-state index contributed by atoms with van der Waals surface area (Å²) in [7, 11) is 1.16. The smallest absolute Gasteiger partial charge is 0.320 e. The van der Waals surface area contributed by atoms with E-state index in [2.05, 4.69) is 0 Å². The Hall–Kier alpha value is -1.44. The third kappa shape index (κ3) is 3.78. The number of hydrogen-bond donors (Lipinski definition) is 1. The maximum absolute atomic E-state index is 12.0. The summed E-state index contributed by atoms with van der Waals surface area (Å²) in [6.07, 6.45) is 0. The van der Waals surface area contributed by atoms with E-state index in [-0.39, 0.29) is 4.90 Å². The molecule has 0 bridgehead atoms. The van der Waals surface area contributed by atoms with Gasteiger partial charge in [0.2, 0.25) is 10.0 Å². The molecule has 0 radical (unpaired) electrons. The van der Waals surface area contributed by atoms with Crippen LogP contribution in [0.15, 0.2) is 29.2 Å². The van der Waals surface area contributed by atoms with E-state index in [4.69, 9.17) is 5.11 Å². The summed E-state index contributed by atoms with van der Waals surface area (Å²) >= 11 is 0. The number of carboxylic acids is 1. The van der Waals surface area contributed by atoms with Gasteiger partial charge in [-0.15, -0.1) is 0 Å². The van der Waals surface area contributed by atoms with Crippen LogP contribution in [0.4, 0.5) is 0 Å². The zero-order valence-electron chi connectivity index (χ0n) is 12.1. The fraction of sp³-hybridized carbons (Fsp3) is 0.462. The van der Waals surface area contributed by atoms with Gasteiger partial charge < -0.3 is 5.11 Å². The van der Waals surface area contributed by atoms with Gasteiger partial charge in [-0.25, -0.2) is 12.7 Å². The van der Waals surface area contributed by atoms with Crippen LogP contribution in [0.25, 0.3) is 0 Å². The number of likely N-dealkylation sites (N-methyl/N-ethyl adjacent to an activating group) is 1. The number of sulfonamides is 1. The summed E-state index contributed by atoms with van der Waals surface area (Å²) in [5.41, 5.74) is 0.753. The zero-order chi connectivity index (χ0) is 15.5. The molecule has 0 amide bonds. The van der Waals surface area contributed by atoms with Crippen molar-refractivity contribution >= 4 is 16.0 Å². The highest BCUT2D eigenvalue weighted by Gasteiger charge is 2.19. The summed E-state index contributed by atoms with van der Waals surface area (Å²) in [5, 5.41) is 8.94. The first-order valence-electron chi connectivity index (χ1n) is 6.10. The molecule has 1 aromatic carbocycles. The quantitative estimate of drug-likeness (QED) is 0.842. The second-order valence-electron chi connectivity index (χ2n) is 4.86. The van der Waals surface area contributed by atoms with Crippen LogP contribution < -0.4 is 0 Å². The SMILES string of the molecule is CC(C(=O)O)N(C)Cc1cccc(S(=O)(=O)N(C)C)c1. The first-order chi connectivity index (χ1) is 9.16. The highest BCUT2D eigenvalue weighted by molar-refractivity contribution is 7.89. The van der Waals surface area contributed by atoms with Crippen LogP contribution in [0, 0.1) is 0 Å². The molecule has 0 spiro atoms. The molecule has 20 heavy (non-hydrogen) atoms. The summed E-state index contributed by atoms with van der Waals surface area (Å²) in [5.74, 6) is -0.912. The van der Waals surface area contributed by atoms with Crippen molar-refractivity contribution in [3.05, 3.63) is 29.8 Å². The van der Waals surface area contributed by atoms with Gasteiger partial charge in [0, 0.05) is 20.6 Å². The largest absolute Gasteiger partial charge is 0.480 e. The molecule has 1 aromatic rings. The van der Waals surface area contributed by atoms with E-state index < -0.39 is 22.0 Å². The molecular formula is C13H20N2O4S. The summed E-state index contributed by atoms with van der Waals surface area (Å²) in [4.78, 5) is 12.7. The second kappa shape index (κ2) is 6.34. The van der Waals surface area contributed by atoms with E-state index in [1.807, 2.05) is 0 Å². The van der Waals surface area contributed by atoms with E-state index in [1.54, 1.807) is 37.1 Å². The van der Waals surface area contributed by atoms with Crippen molar-refractivity contribution < 1.29 is 18.3 Å². The van der Waals surface area contributed by atoms with Crippen molar-refractivity contribution in [1.29, 1.82) is 0 Å². The zero-order valence-corrected chi connectivity index (χ0v) is 12.9. The van der Waals surface area contributed by atoms with Gasteiger partial charge in [-0.05, 0) is 31.7 Å². The van der Waals surface area contributed by atoms with Crippen LogP contribution in [0.1, 0.15) is 12.5 Å². The van der Waals surface area contributed by atoms with Crippen LogP contribution in [0.2, 0.25) is 0 Å². The highest BCUT2D eigenvalue weighted by Crippen LogP contribution is 2.16. The minimum Gasteiger partial charge on any atom is -0.480 e. The number of carbonyl (C=O) groups is 1. The van der Waals surface area contributed by atoms with E-state index in [9.17, 15) is 13.2 Å². The molecule has 0 heterocycles. The Bertz CT molecular complexity index is 584. The second-order valence-corrected chi connectivity index (χ2v) is 7.02. The van der Waals surface area contributed by atoms with Crippen LogP contribution in [-0.4, -0.2) is 55.9 Å². The molecule has 6 nitrogen and oxygen atoms in total.